The van der Waals surface area contributed by atoms with Gasteiger partial charge in [0.05, 0.1) is 0 Å². The van der Waals surface area contributed by atoms with Crippen LogP contribution in [0, 0.1) is 0 Å². The van der Waals surface area contributed by atoms with Crippen molar-refractivity contribution in [2.75, 3.05) is 0 Å². The van der Waals surface area contributed by atoms with Crippen LogP contribution in [0.3, 0.4) is 0 Å². The number of aromatic nitrogens is 1. The predicted octanol–water partition coefficient (Wildman–Crippen LogP) is 3.22. The van der Waals surface area contributed by atoms with Crippen LogP contribution in [0.2, 0.25) is 0 Å². The lowest BCUT2D eigenvalue weighted by Crippen LogP contribution is -2.21. The lowest BCUT2D eigenvalue weighted by Gasteiger charge is -2.17. The van der Waals surface area contributed by atoms with Crippen LogP contribution in [-0.4, -0.2) is 11.3 Å². The van der Waals surface area contributed by atoms with Gasteiger partial charge in [0.1, 0.15) is 5.75 Å². The normalized spacial score (nSPS) is 13.0. The van der Waals surface area contributed by atoms with E-state index in [1.54, 1.807) is 24.5 Å². The van der Waals surface area contributed by atoms with E-state index in [-0.39, 0.29) is 5.75 Å². The van der Waals surface area contributed by atoms with Crippen LogP contribution in [0.25, 0.3) is 0 Å². The van der Waals surface area contributed by atoms with Gasteiger partial charge in [-0.2, -0.15) is 0 Å². The molecule has 0 spiro atoms. The van der Waals surface area contributed by atoms with Gasteiger partial charge in [-0.05, 0) is 24.1 Å². The average molecular weight is 282 g/mol. The molecule has 0 amide bonds. The largest absolute Gasteiger partial charge is 0.573 e. The van der Waals surface area contributed by atoms with Gasteiger partial charge >= 0.3 is 6.36 Å². The quantitative estimate of drug-likeness (QED) is 0.936. The highest BCUT2D eigenvalue weighted by Gasteiger charge is 2.32. The molecule has 106 valence electrons. The number of hydrogen-bond acceptors (Lipinski definition) is 3. The molecular formula is C14H13F3N2O. The van der Waals surface area contributed by atoms with Crippen molar-refractivity contribution in [3.05, 3.63) is 59.9 Å². The minimum atomic E-state index is -4.73. The minimum Gasteiger partial charge on any atom is -0.405 e. The van der Waals surface area contributed by atoms with E-state index in [2.05, 4.69) is 9.72 Å². The van der Waals surface area contributed by atoms with Crippen LogP contribution in [0.1, 0.15) is 17.2 Å². The molecule has 0 bridgehead atoms. The molecule has 0 aliphatic heterocycles. The Balaban J connectivity index is 2.19. The van der Waals surface area contributed by atoms with E-state index in [1.807, 2.05) is 6.07 Å². The van der Waals surface area contributed by atoms with Gasteiger partial charge < -0.3 is 10.5 Å². The van der Waals surface area contributed by atoms with Gasteiger partial charge in [0.25, 0.3) is 0 Å². The van der Waals surface area contributed by atoms with E-state index in [1.165, 1.54) is 18.2 Å². The standard InChI is InChI=1S/C14H13F3N2O/c15-14(16,17)20-13-6-2-1-5-11(13)12(18)8-10-4-3-7-19-9-10/h1-7,9,12H,8,18H2. The SMILES string of the molecule is NC(Cc1cccnc1)c1ccccc1OC(F)(F)F. The van der Waals surface area contributed by atoms with E-state index in [0.29, 0.717) is 12.0 Å². The summed E-state index contributed by atoms with van der Waals surface area (Å²) in [6, 6.07) is 8.86. The first-order valence-corrected chi connectivity index (χ1v) is 5.95. The van der Waals surface area contributed by atoms with Crippen molar-refractivity contribution in [2.45, 2.75) is 18.8 Å². The summed E-state index contributed by atoms with van der Waals surface area (Å²) in [6.07, 6.45) is -1.10. The summed E-state index contributed by atoms with van der Waals surface area (Å²) in [6.45, 7) is 0. The third-order valence-corrected chi connectivity index (χ3v) is 2.72. The third-order valence-electron chi connectivity index (χ3n) is 2.72. The maximum absolute atomic E-state index is 12.3. The molecule has 2 aromatic rings. The predicted molar refractivity (Wildman–Crippen MR) is 68.0 cm³/mol. The van der Waals surface area contributed by atoms with Crippen molar-refractivity contribution in [2.24, 2.45) is 5.73 Å². The van der Waals surface area contributed by atoms with E-state index >= 15 is 0 Å². The van der Waals surface area contributed by atoms with Gasteiger partial charge in [-0.1, -0.05) is 24.3 Å². The van der Waals surface area contributed by atoms with Crippen molar-refractivity contribution < 1.29 is 17.9 Å². The summed E-state index contributed by atoms with van der Waals surface area (Å²) in [5, 5.41) is 0. The van der Waals surface area contributed by atoms with Gasteiger partial charge in [0.15, 0.2) is 0 Å². The zero-order valence-electron chi connectivity index (χ0n) is 10.5. The zero-order chi connectivity index (χ0) is 14.6. The first-order chi connectivity index (χ1) is 9.46. The van der Waals surface area contributed by atoms with E-state index < -0.39 is 12.4 Å². The van der Waals surface area contributed by atoms with Crippen LogP contribution >= 0.6 is 0 Å². The second kappa shape index (κ2) is 5.92. The summed E-state index contributed by atoms with van der Waals surface area (Å²) in [7, 11) is 0. The Morgan fingerprint density at radius 1 is 1.15 bits per heavy atom. The van der Waals surface area contributed by atoms with Gasteiger partial charge in [-0.25, -0.2) is 0 Å². The number of nitrogens with zero attached hydrogens (tertiary/aromatic N) is 1. The smallest absolute Gasteiger partial charge is 0.405 e. The summed E-state index contributed by atoms with van der Waals surface area (Å²) in [5.41, 5.74) is 7.13. The van der Waals surface area contributed by atoms with E-state index in [0.717, 1.165) is 5.56 Å². The van der Waals surface area contributed by atoms with Crippen LogP contribution in [0.15, 0.2) is 48.8 Å². The maximum atomic E-state index is 12.3. The molecule has 0 aliphatic carbocycles. The molecule has 0 saturated carbocycles. The molecule has 1 aromatic carbocycles. The molecule has 1 unspecified atom stereocenters. The Bertz CT molecular complexity index is 558. The number of alkyl halides is 3. The first-order valence-electron chi connectivity index (χ1n) is 5.95. The number of para-hydroxylation sites is 1. The second-order valence-electron chi connectivity index (χ2n) is 4.26. The molecule has 1 aromatic heterocycles. The minimum absolute atomic E-state index is 0.267. The number of nitrogens with two attached hydrogens (primary N) is 1. The van der Waals surface area contributed by atoms with Crippen LogP contribution in [0.4, 0.5) is 13.2 Å². The monoisotopic (exact) mass is 282 g/mol. The highest BCUT2D eigenvalue weighted by atomic mass is 19.4. The van der Waals surface area contributed by atoms with Gasteiger partial charge in [-0.3, -0.25) is 4.98 Å². The fourth-order valence-corrected chi connectivity index (χ4v) is 1.89. The van der Waals surface area contributed by atoms with Crippen LogP contribution < -0.4 is 10.5 Å². The van der Waals surface area contributed by atoms with Crippen molar-refractivity contribution in [1.29, 1.82) is 0 Å². The number of pyridine rings is 1. The fourth-order valence-electron chi connectivity index (χ4n) is 1.89. The Hall–Kier alpha value is -2.08. The molecule has 1 heterocycles. The molecule has 20 heavy (non-hydrogen) atoms. The average Bonchev–Trinajstić information content (AvgIpc) is 2.38. The molecule has 0 aliphatic rings. The highest BCUT2D eigenvalue weighted by molar-refractivity contribution is 5.36. The number of ether oxygens (including phenoxy) is 1. The van der Waals surface area contributed by atoms with Crippen LogP contribution in [-0.2, 0) is 6.42 Å². The topological polar surface area (TPSA) is 48.1 Å². The zero-order valence-corrected chi connectivity index (χ0v) is 10.5. The summed E-state index contributed by atoms with van der Waals surface area (Å²) in [4.78, 5) is 3.95. The van der Waals surface area contributed by atoms with Gasteiger partial charge in [0, 0.05) is 24.0 Å². The Morgan fingerprint density at radius 2 is 1.90 bits per heavy atom. The Morgan fingerprint density at radius 3 is 2.55 bits per heavy atom. The molecular weight excluding hydrogens is 269 g/mol. The highest BCUT2D eigenvalue weighted by Crippen LogP contribution is 2.30. The van der Waals surface area contributed by atoms with Crippen molar-refractivity contribution in [1.82, 2.24) is 4.98 Å². The Kier molecular flexibility index (Phi) is 4.24. The molecule has 6 heteroatoms. The summed E-state index contributed by atoms with van der Waals surface area (Å²) in [5.74, 6) is -0.267. The molecule has 2 N–H and O–H groups in total. The Labute approximate surface area is 114 Å². The number of rotatable bonds is 4. The lowest BCUT2D eigenvalue weighted by atomic mass is 10.00. The summed E-state index contributed by atoms with van der Waals surface area (Å²) < 4.78 is 41.0. The van der Waals surface area contributed by atoms with Crippen LogP contribution in [0.5, 0.6) is 5.75 Å². The molecule has 1 atom stereocenters. The van der Waals surface area contributed by atoms with E-state index in [9.17, 15) is 13.2 Å². The van der Waals surface area contributed by atoms with Crippen molar-refractivity contribution in [3.8, 4) is 5.75 Å². The maximum Gasteiger partial charge on any atom is 0.573 e. The third kappa shape index (κ3) is 3.96. The molecule has 0 radical (unpaired) electrons. The van der Waals surface area contributed by atoms with Crippen molar-refractivity contribution >= 4 is 0 Å². The summed E-state index contributed by atoms with van der Waals surface area (Å²) >= 11 is 0. The first kappa shape index (κ1) is 14.3. The lowest BCUT2D eigenvalue weighted by molar-refractivity contribution is -0.275. The van der Waals surface area contributed by atoms with Crippen molar-refractivity contribution in [3.63, 3.8) is 0 Å². The molecule has 0 fully saturated rings. The van der Waals surface area contributed by atoms with Gasteiger partial charge in [0.2, 0.25) is 0 Å². The molecule has 0 saturated heterocycles. The van der Waals surface area contributed by atoms with E-state index in [4.69, 9.17) is 5.73 Å². The molecule has 2 rings (SSSR count). The number of benzene rings is 1. The fraction of sp³-hybridized carbons (Fsp3) is 0.214. The second-order valence-corrected chi connectivity index (χ2v) is 4.26. The number of halogens is 3. The van der Waals surface area contributed by atoms with Gasteiger partial charge in [-0.15, -0.1) is 13.2 Å². The molecule has 3 nitrogen and oxygen atoms in total. The number of hydrogen-bond donors (Lipinski definition) is 1.